The maximum Gasteiger partial charge on any atom is 0.313 e. The number of carbonyl (C=O) groups excluding carboxylic acids is 2. The number of esters is 1. The molecule has 0 fully saturated rings. The molecule has 1 aliphatic heterocycles. The summed E-state index contributed by atoms with van der Waals surface area (Å²) in [6.07, 6.45) is 0.0180. The largest absolute Gasteiger partial charge is 0.482 e. The van der Waals surface area contributed by atoms with E-state index in [1.54, 1.807) is 20.8 Å². The Morgan fingerprint density at radius 3 is 2.76 bits per heavy atom. The first-order valence-electron chi connectivity index (χ1n) is 6.94. The normalized spacial score (nSPS) is 17.6. The molecule has 21 heavy (non-hydrogen) atoms. The number of hydrogen-bond donors (Lipinski definition) is 0. The maximum atomic E-state index is 13.1. The highest BCUT2D eigenvalue weighted by Gasteiger charge is 2.29. The third kappa shape index (κ3) is 4.28. The lowest BCUT2D eigenvalue weighted by Crippen LogP contribution is -2.34. The van der Waals surface area contributed by atoms with E-state index in [1.165, 1.54) is 18.2 Å². The van der Waals surface area contributed by atoms with Crippen molar-refractivity contribution in [2.24, 2.45) is 0 Å². The molecule has 0 saturated carbocycles. The molecule has 1 aromatic rings. The van der Waals surface area contributed by atoms with Crippen LogP contribution in [-0.4, -0.2) is 23.5 Å². The number of benzene rings is 1. The van der Waals surface area contributed by atoms with Crippen molar-refractivity contribution in [1.82, 2.24) is 0 Å². The summed E-state index contributed by atoms with van der Waals surface area (Å²) in [6, 6.07) is 4.21. The van der Waals surface area contributed by atoms with Crippen LogP contribution in [0.2, 0.25) is 0 Å². The van der Waals surface area contributed by atoms with E-state index in [-0.39, 0.29) is 18.0 Å². The van der Waals surface area contributed by atoms with Crippen LogP contribution in [0, 0.1) is 5.82 Å². The predicted molar refractivity (Wildman–Crippen MR) is 74.6 cm³/mol. The predicted octanol–water partition coefficient (Wildman–Crippen LogP) is 2.82. The minimum atomic E-state index is -0.671. The monoisotopic (exact) mass is 294 g/mol. The quantitative estimate of drug-likeness (QED) is 0.635. The van der Waals surface area contributed by atoms with E-state index in [2.05, 4.69) is 0 Å². The Kier molecular flexibility index (Phi) is 4.30. The van der Waals surface area contributed by atoms with Crippen LogP contribution >= 0.6 is 0 Å². The second-order valence-electron chi connectivity index (χ2n) is 6.13. The van der Waals surface area contributed by atoms with Crippen LogP contribution in [0.15, 0.2) is 18.2 Å². The number of Topliss-reactive ketones (excluding diaryl/α,β-unsaturated/α-hetero) is 1. The van der Waals surface area contributed by atoms with Crippen LogP contribution in [0.4, 0.5) is 4.39 Å². The van der Waals surface area contributed by atoms with E-state index in [1.807, 2.05) is 0 Å². The van der Waals surface area contributed by atoms with Crippen molar-refractivity contribution in [3.8, 4) is 5.75 Å². The van der Waals surface area contributed by atoms with Gasteiger partial charge in [-0.15, -0.1) is 0 Å². The Bertz CT molecular complexity index is 560. The van der Waals surface area contributed by atoms with Crippen molar-refractivity contribution in [2.75, 3.05) is 0 Å². The summed E-state index contributed by atoms with van der Waals surface area (Å²) in [4.78, 5) is 23.7. The van der Waals surface area contributed by atoms with Gasteiger partial charge >= 0.3 is 5.97 Å². The van der Waals surface area contributed by atoms with Gasteiger partial charge in [-0.2, -0.15) is 0 Å². The third-order valence-corrected chi connectivity index (χ3v) is 3.07. The van der Waals surface area contributed by atoms with E-state index >= 15 is 0 Å². The Morgan fingerprint density at radius 2 is 2.10 bits per heavy atom. The van der Waals surface area contributed by atoms with Gasteiger partial charge in [0.05, 0.1) is 0 Å². The second kappa shape index (κ2) is 5.84. The van der Waals surface area contributed by atoms with Gasteiger partial charge in [0.15, 0.2) is 11.9 Å². The first-order valence-corrected chi connectivity index (χ1v) is 6.94. The fraction of sp³-hybridized carbons (Fsp3) is 0.500. The Morgan fingerprint density at radius 1 is 1.38 bits per heavy atom. The number of fused-ring (bicyclic) bond motifs is 1. The van der Waals surface area contributed by atoms with Gasteiger partial charge in [0.25, 0.3) is 0 Å². The molecule has 2 rings (SSSR count). The highest BCUT2D eigenvalue weighted by molar-refractivity contribution is 5.98. The summed E-state index contributed by atoms with van der Waals surface area (Å²) in [5.74, 6) is -0.679. The van der Waals surface area contributed by atoms with Crippen LogP contribution in [0.1, 0.15) is 39.2 Å². The van der Waals surface area contributed by atoms with E-state index < -0.39 is 17.7 Å². The molecule has 0 unspecified atom stereocenters. The SMILES string of the molecule is CC(C)(C)OC(=O)CC(=O)[C@@H]1CCc2cc(F)ccc2O1. The van der Waals surface area contributed by atoms with Crippen molar-refractivity contribution < 1.29 is 23.5 Å². The minimum absolute atomic E-state index is 0.306. The molecule has 1 aromatic carbocycles. The maximum absolute atomic E-state index is 13.1. The van der Waals surface area contributed by atoms with E-state index in [0.29, 0.717) is 18.6 Å². The first-order chi connectivity index (χ1) is 9.74. The summed E-state index contributed by atoms with van der Waals surface area (Å²) in [7, 11) is 0. The fourth-order valence-electron chi connectivity index (χ4n) is 2.22. The van der Waals surface area contributed by atoms with Gasteiger partial charge < -0.3 is 9.47 Å². The zero-order valence-corrected chi connectivity index (χ0v) is 12.4. The van der Waals surface area contributed by atoms with E-state index in [0.717, 1.165) is 5.56 Å². The van der Waals surface area contributed by atoms with Gasteiger partial charge in [-0.1, -0.05) is 0 Å². The smallest absolute Gasteiger partial charge is 0.313 e. The molecule has 1 heterocycles. The number of hydrogen-bond acceptors (Lipinski definition) is 4. The molecule has 0 N–H and O–H groups in total. The lowest BCUT2D eigenvalue weighted by molar-refractivity contribution is -0.157. The molecular weight excluding hydrogens is 275 g/mol. The highest BCUT2D eigenvalue weighted by Crippen LogP contribution is 2.28. The summed E-state index contributed by atoms with van der Waals surface area (Å²) >= 11 is 0. The highest BCUT2D eigenvalue weighted by atomic mass is 19.1. The Labute approximate surface area is 123 Å². The lowest BCUT2D eigenvalue weighted by atomic mass is 9.98. The number of aryl methyl sites for hydroxylation is 1. The van der Waals surface area contributed by atoms with Crippen LogP contribution in [0.3, 0.4) is 0 Å². The molecule has 5 heteroatoms. The second-order valence-corrected chi connectivity index (χ2v) is 6.13. The molecule has 0 aliphatic carbocycles. The van der Waals surface area contributed by atoms with E-state index in [4.69, 9.17) is 9.47 Å². The third-order valence-electron chi connectivity index (χ3n) is 3.07. The van der Waals surface area contributed by atoms with Crippen LogP contribution in [-0.2, 0) is 20.7 Å². The first kappa shape index (κ1) is 15.5. The Balaban J connectivity index is 1.96. The fourth-order valence-corrected chi connectivity index (χ4v) is 2.22. The number of rotatable bonds is 3. The standard InChI is InChI=1S/C16H19FO4/c1-16(2,3)21-15(19)9-12(18)14-6-4-10-8-11(17)5-7-13(10)20-14/h5,7-8,14H,4,6,9H2,1-3H3/t14-/m0/s1. The van der Waals surface area contributed by atoms with Gasteiger partial charge in [-0.05, 0) is 57.4 Å². The molecule has 0 radical (unpaired) electrons. The van der Waals surface area contributed by atoms with Crippen molar-refractivity contribution in [3.05, 3.63) is 29.6 Å². The van der Waals surface area contributed by atoms with Crippen molar-refractivity contribution in [2.45, 2.75) is 51.7 Å². The van der Waals surface area contributed by atoms with Crippen LogP contribution < -0.4 is 4.74 Å². The van der Waals surface area contributed by atoms with Gasteiger partial charge in [0.1, 0.15) is 23.6 Å². The molecule has 0 saturated heterocycles. The summed E-state index contributed by atoms with van der Waals surface area (Å²) in [5, 5.41) is 0. The molecule has 0 spiro atoms. The average molecular weight is 294 g/mol. The van der Waals surface area contributed by atoms with Gasteiger partial charge in [0, 0.05) is 0 Å². The molecule has 4 nitrogen and oxygen atoms in total. The van der Waals surface area contributed by atoms with E-state index in [9.17, 15) is 14.0 Å². The molecule has 1 aliphatic rings. The van der Waals surface area contributed by atoms with Gasteiger partial charge in [-0.25, -0.2) is 4.39 Å². The molecular formula is C16H19FO4. The molecule has 0 amide bonds. The van der Waals surface area contributed by atoms with Gasteiger partial charge in [-0.3, -0.25) is 9.59 Å². The van der Waals surface area contributed by atoms with Crippen molar-refractivity contribution in [3.63, 3.8) is 0 Å². The number of ketones is 1. The molecule has 114 valence electrons. The summed E-state index contributed by atoms with van der Waals surface area (Å²) < 4.78 is 23.8. The van der Waals surface area contributed by atoms with Crippen molar-refractivity contribution >= 4 is 11.8 Å². The Hall–Kier alpha value is -1.91. The molecule has 1 atom stereocenters. The molecule has 0 bridgehead atoms. The summed E-state index contributed by atoms with van der Waals surface area (Å²) in [5.41, 5.74) is 0.130. The lowest BCUT2D eigenvalue weighted by Gasteiger charge is -2.25. The topological polar surface area (TPSA) is 52.6 Å². The van der Waals surface area contributed by atoms with Crippen LogP contribution in [0.25, 0.3) is 0 Å². The minimum Gasteiger partial charge on any atom is -0.482 e. The number of carbonyl (C=O) groups is 2. The van der Waals surface area contributed by atoms with Crippen molar-refractivity contribution in [1.29, 1.82) is 0 Å². The summed E-state index contributed by atoms with van der Waals surface area (Å²) in [6.45, 7) is 5.24. The van der Waals surface area contributed by atoms with Gasteiger partial charge in [0.2, 0.25) is 0 Å². The molecule has 0 aromatic heterocycles. The number of halogens is 1. The average Bonchev–Trinajstić information content (AvgIpc) is 2.35. The van der Waals surface area contributed by atoms with Crippen LogP contribution in [0.5, 0.6) is 5.75 Å². The number of ether oxygens (including phenoxy) is 2. The zero-order chi connectivity index (χ0) is 15.6. The zero-order valence-electron chi connectivity index (χ0n) is 12.4.